The van der Waals surface area contributed by atoms with Crippen LogP contribution in [0.2, 0.25) is 0 Å². The van der Waals surface area contributed by atoms with Crippen LogP contribution in [-0.4, -0.2) is 69.8 Å². The molecule has 0 atom stereocenters. The monoisotopic (exact) mass is 434 g/mol. The Bertz CT molecular complexity index is 1180. The summed E-state index contributed by atoms with van der Waals surface area (Å²) in [6.45, 7) is 3.11. The molecule has 7 nitrogen and oxygen atoms in total. The van der Waals surface area contributed by atoms with E-state index >= 15 is 0 Å². The van der Waals surface area contributed by atoms with Gasteiger partial charge in [-0.2, -0.15) is 5.10 Å². The lowest BCUT2D eigenvalue weighted by atomic mass is 10.1. The number of amides is 1. The fourth-order valence-electron chi connectivity index (χ4n) is 4.12. The molecule has 1 aromatic heterocycles. The van der Waals surface area contributed by atoms with Crippen molar-refractivity contribution >= 4 is 23.6 Å². The molecule has 1 fully saturated rings. The van der Waals surface area contributed by atoms with Crippen LogP contribution in [0.15, 0.2) is 53.4 Å². The molecule has 3 aromatic rings. The average molecular weight is 435 g/mol. The minimum atomic E-state index is -1.04. The Kier molecular flexibility index (Phi) is 5.03. The topological polar surface area (TPSA) is 78.7 Å². The highest BCUT2D eigenvalue weighted by molar-refractivity contribution is 7.98. The highest BCUT2D eigenvalue weighted by Gasteiger charge is 2.29. The molecule has 2 aliphatic heterocycles. The number of piperazine rings is 1. The summed E-state index contributed by atoms with van der Waals surface area (Å²) in [4.78, 5) is 30.1. The van der Waals surface area contributed by atoms with E-state index in [9.17, 15) is 14.7 Å². The van der Waals surface area contributed by atoms with Crippen molar-refractivity contribution < 1.29 is 14.7 Å². The van der Waals surface area contributed by atoms with E-state index in [2.05, 4.69) is 17.0 Å². The van der Waals surface area contributed by atoms with Crippen molar-refractivity contribution in [3.63, 3.8) is 0 Å². The third-order valence-corrected chi connectivity index (χ3v) is 6.93. The minimum Gasteiger partial charge on any atom is -0.476 e. The summed E-state index contributed by atoms with van der Waals surface area (Å²) in [5, 5.41) is 14.2. The molecule has 8 heteroatoms. The molecule has 0 aliphatic carbocycles. The number of carbonyl (C=O) groups is 2. The number of carbonyl (C=O) groups excluding carboxylic acids is 1. The van der Waals surface area contributed by atoms with Crippen LogP contribution in [0, 0.1) is 0 Å². The molecule has 158 valence electrons. The van der Waals surface area contributed by atoms with Gasteiger partial charge in [-0.1, -0.05) is 24.3 Å². The predicted molar refractivity (Wildman–Crippen MR) is 119 cm³/mol. The number of benzene rings is 2. The van der Waals surface area contributed by atoms with Crippen LogP contribution in [0.4, 0.5) is 0 Å². The van der Waals surface area contributed by atoms with E-state index < -0.39 is 5.97 Å². The third-order valence-electron chi connectivity index (χ3n) is 5.83. The SMILES string of the molecule is CN1CCN(C(=O)c2cccc(-n3nc(C(=O)O)c4c3-c3ccccc3SC4)c2)CC1. The lowest BCUT2D eigenvalue weighted by molar-refractivity contribution is 0.0661. The molecule has 2 aromatic carbocycles. The first-order chi connectivity index (χ1) is 15.0. The van der Waals surface area contributed by atoms with Gasteiger partial charge in [0.25, 0.3) is 5.91 Å². The van der Waals surface area contributed by atoms with Crippen molar-refractivity contribution in [2.75, 3.05) is 33.2 Å². The Labute approximate surface area is 184 Å². The second kappa shape index (κ2) is 7.86. The van der Waals surface area contributed by atoms with Crippen LogP contribution >= 0.6 is 11.8 Å². The number of hydrogen-bond acceptors (Lipinski definition) is 5. The molecule has 1 amide bonds. The molecule has 1 saturated heterocycles. The first kappa shape index (κ1) is 19.8. The standard InChI is InChI=1S/C23H22N4O3S/c1-25-9-11-26(12-10-25)22(28)15-5-4-6-16(13-15)27-21-17-7-2-3-8-19(17)31-14-18(21)20(24-27)23(29)30/h2-8,13H,9-12,14H2,1H3,(H,29,30). The van der Waals surface area contributed by atoms with E-state index in [1.54, 1.807) is 16.4 Å². The van der Waals surface area contributed by atoms with Gasteiger partial charge in [0, 0.05) is 53.5 Å². The first-order valence-corrected chi connectivity index (χ1v) is 11.2. The molecule has 2 aliphatic rings. The first-order valence-electron chi connectivity index (χ1n) is 10.2. The minimum absolute atomic E-state index is 0.00890. The molecular formula is C23H22N4O3S. The largest absolute Gasteiger partial charge is 0.476 e. The van der Waals surface area contributed by atoms with Gasteiger partial charge in [0.05, 0.1) is 11.4 Å². The number of thioether (sulfide) groups is 1. The normalized spacial score (nSPS) is 16.0. The van der Waals surface area contributed by atoms with Gasteiger partial charge in [-0.15, -0.1) is 11.8 Å². The molecule has 0 bridgehead atoms. The van der Waals surface area contributed by atoms with Crippen molar-refractivity contribution in [3.05, 3.63) is 65.4 Å². The Hall–Kier alpha value is -3.10. The molecule has 0 spiro atoms. The summed E-state index contributed by atoms with van der Waals surface area (Å²) in [6.07, 6.45) is 0. The van der Waals surface area contributed by atoms with Crippen LogP contribution in [0.1, 0.15) is 26.4 Å². The lowest BCUT2D eigenvalue weighted by Gasteiger charge is -2.32. The molecular weight excluding hydrogens is 412 g/mol. The number of likely N-dealkylation sites (N-methyl/N-ethyl adjacent to an activating group) is 1. The van der Waals surface area contributed by atoms with E-state index in [1.165, 1.54) is 0 Å². The quantitative estimate of drug-likeness (QED) is 0.682. The number of nitrogens with zero attached hydrogens (tertiary/aromatic N) is 4. The molecule has 5 rings (SSSR count). The zero-order valence-electron chi connectivity index (χ0n) is 17.1. The van der Waals surface area contributed by atoms with Gasteiger partial charge in [-0.25, -0.2) is 9.48 Å². The van der Waals surface area contributed by atoms with Gasteiger partial charge in [0.1, 0.15) is 0 Å². The number of carboxylic acids is 1. The fourth-order valence-corrected chi connectivity index (χ4v) is 5.19. The number of aromatic nitrogens is 2. The van der Waals surface area contributed by atoms with Crippen molar-refractivity contribution in [1.29, 1.82) is 0 Å². The average Bonchev–Trinajstić information content (AvgIpc) is 3.20. The third kappa shape index (κ3) is 3.51. The second-order valence-corrected chi connectivity index (χ2v) is 8.84. The lowest BCUT2D eigenvalue weighted by Crippen LogP contribution is -2.47. The number of carboxylic acid groups (broad SMARTS) is 1. The Morgan fingerprint density at radius 3 is 2.58 bits per heavy atom. The van der Waals surface area contributed by atoms with Gasteiger partial charge in [0.15, 0.2) is 5.69 Å². The van der Waals surface area contributed by atoms with Crippen molar-refractivity contribution in [2.24, 2.45) is 0 Å². The van der Waals surface area contributed by atoms with E-state index in [4.69, 9.17) is 0 Å². The smallest absolute Gasteiger partial charge is 0.356 e. The zero-order valence-corrected chi connectivity index (χ0v) is 17.9. The molecule has 3 heterocycles. The summed E-state index contributed by atoms with van der Waals surface area (Å²) in [5.41, 5.74) is 3.80. The Morgan fingerprint density at radius 1 is 1.03 bits per heavy atom. The van der Waals surface area contributed by atoms with Gasteiger partial charge < -0.3 is 14.9 Å². The van der Waals surface area contributed by atoms with E-state index in [1.807, 2.05) is 53.4 Å². The maximum Gasteiger partial charge on any atom is 0.356 e. The summed E-state index contributed by atoms with van der Waals surface area (Å²) in [5.74, 6) is -0.501. The summed E-state index contributed by atoms with van der Waals surface area (Å²) in [6, 6.07) is 15.3. The molecule has 0 radical (unpaired) electrons. The van der Waals surface area contributed by atoms with Gasteiger partial charge in [0.2, 0.25) is 0 Å². The Morgan fingerprint density at radius 2 is 1.81 bits per heavy atom. The van der Waals surface area contributed by atoms with Crippen molar-refractivity contribution in [1.82, 2.24) is 19.6 Å². The fraction of sp³-hybridized carbons (Fsp3) is 0.261. The van der Waals surface area contributed by atoms with Crippen LogP contribution in [0.3, 0.4) is 0 Å². The van der Waals surface area contributed by atoms with Crippen LogP contribution in [-0.2, 0) is 5.75 Å². The van der Waals surface area contributed by atoms with Gasteiger partial charge in [-0.3, -0.25) is 4.79 Å². The molecule has 0 unspecified atom stereocenters. The molecule has 1 N–H and O–H groups in total. The summed E-state index contributed by atoms with van der Waals surface area (Å²) in [7, 11) is 2.06. The van der Waals surface area contributed by atoms with Gasteiger partial charge >= 0.3 is 5.97 Å². The van der Waals surface area contributed by atoms with E-state index in [0.717, 1.165) is 29.2 Å². The van der Waals surface area contributed by atoms with Crippen LogP contribution < -0.4 is 0 Å². The van der Waals surface area contributed by atoms with Gasteiger partial charge in [-0.05, 0) is 31.3 Å². The van der Waals surface area contributed by atoms with Crippen LogP contribution in [0.5, 0.6) is 0 Å². The molecule has 31 heavy (non-hydrogen) atoms. The zero-order chi connectivity index (χ0) is 21.5. The number of aromatic carboxylic acids is 1. The number of hydrogen-bond donors (Lipinski definition) is 1. The highest BCUT2D eigenvalue weighted by atomic mass is 32.2. The maximum absolute atomic E-state index is 13.1. The highest BCUT2D eigenvalue weighted by Crippen LogP contribution is 2.43. The predicted octanol–water partition coefficient (Wildman–Crippen LogP) is 3.23. The Balaban J connectivity index is 1.58. The van der Waals surface area contributed by atoms with E-state index in [-0.39, 0.29) is 11.6 Å². The molecule has 0 saturated carbocycles. The van der Waals surface area contributed by atoms with E-state index in [0.29, 0.717) is 35.7 Å². The number of rotatable bonds is 3. The second-order valence-electron chi connectivity index (χ2n) is 7.82. The maximum atomic E-state index is 13.1. The number of fused-ring (bicyclic) bond motifs is 3. The van der Waals surface area contributed by atoms with Crippen LogP contribution in [0.25, 0.3) is 16.9 Å². The summed E-state index contributed by atoms with van der Waals surface area (Å²) >= 11 is 1.62. The van der Waals surface area contributed by atoms with Crippen molar-refractivity contribution in [2.45, 2.75) is 10.6 Å². The summed E-state index contributed by atoms with van der Waals surface area (Å²) < 4.78 is 1.68. The van der Waals surface area contributed by atoms with Crippen molar-refractivity contribution in [3.8, 4) is 16.9 Å².